The number of carbonyl (C=O) groups excluding carboxylic acids is 2. The zero-order valence-corrected chi connectivity index (χ0v) is 11.9. The van der Waals surface area contributed by atoms with Gasteiger partial charge in [0, 0.05) is 11.1 Å². The second-order valence-electron chi connectivity index (χ2n) is 5.65. The second kappa shape index (κ2) is 4.58. The van der Waals surface area contributed by atoms with Crippen LogP contribution in [0.1, 0.15) is 42.1 Å². The molecule has 0 amide bonds. The standard InChI is InChI=1S/C17H18O3/c1-11(18)15-4-3-8-17(15)9-7-12-10-13(20-2)5-6-14(12)16(17)19/h4-6,10H,3,7-9H2,1-2H3. The maximum atomic E-state index is 12.9. The lowest BCUT2D eigenvalue weighted by Gasteiger charge is -2.35. The van der Waals surface area contributed by atoms with Gasteiger partial charge in [0.05, 0.1) is 12.5 Å². The van der Waals surface area contributed by atoms with E-state index in [4.69, 9.17) is 4.74 Å². The molecule has 1 aromatic rings. The highest BCUT2D eigenvalue weighted by Crippen LogP contribution is 2.49. The van der Waals surface area contributed by atoms with Gasteiger partial charge < -0.3 is 4.74 Å². The molecule has 0 aliphatic heterocycles. The zero-order chi connectivity index (χ0) is 14.3. The lowest BCUT2D eigenvalue weighted by molar-refractivity contribution is -0.114. The van der Waals surface area contributed by atoms with Crippen molar-refractivity contribution in [2.75, 3.05) is 7.11 Å². The van der Waals surface area contributed by atoms with E-state index in [1.165, 1.54) is 0 Å². The Kier molecular flexibility index (Phi) is 3.00. The number of ether oxygens (including phenoxy) is 1. The molecular formula is C17H18O3. The van der Waals surface area contributed by atoms with E-state index >= 15 is 0 Å². The van der Waals surface area contributed by atoms with Crippen LogP contribution in [0.5, 0.6) is 5.75 Å². The Morgan fingerprint density at radius 3 is 2.80 bits per heavy atom. The normalized spacial score (nSPS) is 24.5. The Hall–Kier alpha value is -1.90. The third kappa shape index (κ3) is 1.73. The fraction of sp³-hybridized carbons (Fsp3) is 0.412. The summed E-state index contributed by atoms with van der Waals surface area (Å²) < 4.78 is 5.22. The van der Waals surface area contributed by atoms with Gasteiger partial charge in [-0.3, -0.25) is 9.59 Å². The molecule has 0 heterocycles. The number of aryl methyl sites for hydroxylation is 1. The van der Waals surface area contributed by atoms with Crippen molar-refractivity contribution >= 4 is 11.6 Å². The molecule has 3 rings (SSSR count). The molecule has 1 unspecified atom stereocenters. The van der Waals surface area contributed by atoms with Crippen LogP contribution in [0.25, 0.3) is 0 Å². The Morgan fingerprint density at radius 2 is 2.10 bits per heavy atom. The lowest BCUT2D eigenvalue weighted by Crippen LogP contribution is -2.37. The molecule has 0 aromatic heterocycles. The van der Waals surface area contributed by atoms with Gasteiger partial charge in [-0.05, 0) is 56.4 Å². The molecule has 2 aliphatic rings. The van der Waals surface area contributed by atoms with Gasteiger partial charge in [0.1, 0.15) is 5.75 Å². The number of rotatable bonds is 2. The SMILES string of the molecule is COc1ccc2c(c1)CCC1(CCC=C1C(C)=O)C2=O. The minimum Gasteiger partial charge on any atom is -0.497 e. The summed E-state index contributed by atoms with van der Waals surface area (Å²) in [5, 5.41) is 0. The van der Waals surface area contributed by atoms with Crippen LogP contribution in [0.3, 0.4) is 0 Å². The summed E-state index contributed by atoms with van der Waals surface area (Å²) in [5.74, 6) is 0.925. The van der Waals surface area contributed by atoms with E-state index in [1.807, 2.05) is 24.3 Å². The molecule has 0 saturated carbocycles. The molecule has 104 valence electrons. The monoisotopic (exact) mass is 270 g/mol. The van der Waals surface area contributed by atoms with Crippen LogP contribution >= 0.6 is 0 Å². The first kappa shape index (κ1) is 13.1. The van der Waals surface area contributed by atoms with Crippen molar-refractivity contribution in [2.24, 2.45) is 5.41 Å². The fourth-order valence-electron chi connectivity index (χ4n) is 3.61. The number of methoxy groups -OCH3 is 1. The molecule has 0 bridgehead atoms. The Bertz CT molecular complexity index is 627. The van der Waals surface area contributed by atoms with Crippen molar-refractivity contribution < 1.29 is 14.3 Å². The molecule has 0 fully saturated rings. The van der Waals surface area contributed by atoms with E-state index in [2.05, 4.69) is 0 Å². The van der Waals surface area contributed by atoms with Gasteiger partial charge in [-0.2, -0.15) is 0 Å². The van der Waals surface area contributed by atoms with Crippen LogP contribution in [0.2, 0.25) is 0 Å². The molecule has 0 saturated heterocycles. The summed E-state index contributed by atoms with van der Waals surface area (Å²) in [4.78, 5) is 24.8. The highest BCUT2D eigenvalue weighted by Gasteiger charge is 2.48. The van der Waals surface area contributed by atoms with Gasteiger partial charge >= 0.3 is 0 Å². The first-order chi connectivity index (χ1) is 9.58. The molecule has 0 radical (unpaired) electrons. The number of allylic oxidation sites excluding steroid dienone is 2. The molecule has 3 heteroatoms. The molecule has 3 nitrogen and oxygen atoms in total. The minimum atomic E-state index is -0.562. The highest BCUT2D eigenvalue weighted by atomic mass is 16.5. The summed E-state index contributed by atoms with van der Waals surface area (Å²) in [6, 6.07) is 5.60. The second-order valence-corrected chi connectivity index (χ2v) is 5.65. The lowest BCUT2D eigenvalue weighted by atomic mass is 9.66. The quantitative estimate of drug-likeness (QED) is 0.829. The van der Waals surface area contributed by atoms with Gasteiger partial charge in [0.15, 0.2) is 11.6 Å². The number of carbonyl (C=O) groups is 2. The summed E-state index contributed by atoms with van der Waals surface area (Å²) in [6.45, 7) is 1.57. The van der Waals surface area contributed by atoms with Crippen LogP contribution in [0.4, 0.5) is 0 Å². The van der Waals surface area contributed by atoms with Gasteiger partial charge in [-0.25, -0.2) is 0 Å². The number of ketones is 2. The molecular weight excluding hydrogens is 252 g/mol. The zero-order valence-electron chi connectivity index (χ0n) is 11.9. The number of fused-ring (bicyclic) bond motifs is 1. The molecule has 0 N–H and O–H groups in total. The van der Waals surface area contributed by atoms with Crippen molar-refractivity contribution in [3.8, 4) is 5.75 Å². The maximum absolute atomic E-state index is 12.9. The third-order valence-electron chi connectivity index (χ3n) is 4.63. The van der Waals surface area contributed by atoms with E-state index in [-0.39, 0.29) is 11.6 Å². The predicted molar refractivity (Wildman–Crippen MR) is 76.1 cm³/mol. The van der Waals surface area contributed by atoms with Crippen LogP contribution in [0, 0.1) is 5.41 Å². The largest absolute Gasteiger partial charge is 0.497 e. The van der Waals surface area contributed by atoms with Crippen molar-refractivity contribution in [2.45, 2.75) is 32.6 Å². The van der Waals surface area contributed by atoms with E-state index in [1.54, 1.807) is 14.0 Å². The summed E-state index contributed by atoms with van der Waals surface area (Å²) >= 11 is 0. The fourth-order valence-corrected chi connectivity index (χ4v) is 3.61. The van der Waals surface area contributed by atoms with E-state index in [9.17, 15) is 9.59 Å². The average molecular weight is 270 g/mol. The van der Waals surface area contributed by atoms with E-state index < -0.39 is 5.41 Å². The van der Waals surface area contributed by atoms with Crippen LogP contribution in [0.15, 0.2) is 29.8 Å². The van der Waals surface area contributed by atoms with Crippen molar-refractivity contribution in [3.63, 3.8) is 0 Å². The van der Waals surface area contributed by atoms with Crippen LogP contribution in [-0.2, 0) is 11.2 Å². The number of Topliss-reactive ketones (excluding diaryl/α,β-unsaturated/α-hetero) is 2. The minimum absolute atomic E-state index is 0.0350. The van der Waals surface area contributed by atoms with E-state index in [0.717, 1.165) is 48.1 Å². The first-order valence-electron chi connectivity index (χ1n) is 7.02. The molecule has 20 heavy (non-hydrogen) atoms. The van der Waals surface area contributed by atoms with Crippen molar-refractivity contribution in [1.82, 2.24) is 0 Å². The van der Waals surface area contributed by atoms with Crippen molar-refractivity contribution in [3.05, 3.63) is 41.0 Å². The Morgan fingerprint density at radius 1 is 1.30 bits per heavy atom. The van der Waals surface area contributed by atoms with Crippen LogP contribution in [-0.4, -0.2) is 18.7 Å². The smallest absolute Gasteiger partial charge is 0.173 e. The van der Waals surface area contributed by atoms with Crippen LogP contribution < -0.4 is 4.74 Å². The topological polar surface area (TPSA) is 43.4 Å². The van der Waals surface area contributed by atoms with Gasteiger partial charge in [-0.15, -0.1) is 0 Å². The van der Waals surface area contributed by atoms with Gasteiger partial charge in [0.2, 0.25) is 0 Å². The average Bonchev–Trinajstić information content (AvgIpc) is 2.88. The van der Waals surface area contributed by atoms with Gasteiger partial charge in [-0.1, -0.05) is 6.08 Å². The third-order valence-corrected chi connectivity index (χ3v) is 4.63. The molecule has 1 spiro atoms. The Balaban J connectivity index is 2.06. The highest BCUT2D eigenvalue weighted by molar-refractivity contribution is 6.11. The number of hydrogen-bond donors (Lipinski definition) is 0. The molecule has 2 aliphatic carbocycles. The number of benzene rings is 1. The van der Waals surface area contributed by atoms with E-state index in [0.29, 0.717) is 0 Å². The summed E-state index contributed by atoms with van der Waals surface area (Å²) in [5.41, 5.74) is 1.96. The first-order valence-corrected chi connectivity index (χ1v) is 7.02. The summed E-state index contributed by atoms with van der Waals surface area (Å²) in [6.07, 6.45) is 5.10. The Labute approximate surface area is 118 Å². The van der Waals surface area contributed by atoms with Crippen molar-refractivity contribution in [1.29, 1.82) is 0 Å². The molecule has 1 atom stereocenters. The maximum Gasteiger partial charge on any atom is 0.173 e. The number of hydrogen-bond acceptors (Lipinski definition) is 3. The molecule has 1 aromatic carbocycles. The summed E-state index contributed by atoms with van der Waals surface area (Å²) in [7, 11) is 1.63. The predicted octanol–water partition coefficient (Wildman–Crippen LogP) is 3.12. The van der Waals surface area contributed by atoms with Gasteiger partial charge in [0.25, 0.3) is 0 Å².